The largest absolute Gasteiger partial charge is 0.322 e. The summed E-state index contributed by atoms with van der Waals surface area (Å²) in [7, 11) is 1.47. The molecule has 0 unspecified atom stereocenters. The Labute approximate surface area is 169 Å². The van der Waals surface area contributed by atoms with E-state index in [1.54, 1.807) is 11.3 Å². The summed E-state index contributed by atoms with van der Waals surface area (Å²) < 4.78 is 0. The molecule has 1 atom stereocenters. The predicted molar refractivity (Wildman–Crippen MR) is 122 cm³/mol. The van der Waals surface area contributed by atoms with Crippen LogP contribution in [0.4, 0.5) is 0 Å². The first-order valence-electron chi connectivity index (χ1n) is 10.3. The van der Waals surface area contributed by atoms with Crippen LogP contribution in [-0.2, 0) is 0 Å². The first-order valence-corrected chi connectivity index (χ1v) is 11.2. The van der Waals surface area contributed by atoms with Crippen molar-refractivity contribution in [3.8, 4) is 0 Å². The van der Waals surface area contributed by atoms with Gasteiger partial charge in [-0.25, -0.2) is 0 Å². The molecule has 2 aliphatic heterocycles. The maximum Gasteiger partial charge on any atom is 0.117 e. The fourth-order valence-electron chi connectivity index (χ4n) is 5.19. The SMILES string of the molecule is Cc1cc(C)c(C2=P[C@@]3(C(C)(C)C)C(C(C)(C)C)=C(C(C)(C)C)N23)c(C)c1. The molecule has 27 heavy (non-hydrogen) atoms. The van der Waals surface area contributed by atoms with E-state index in [-0.39, 0.29) is 21.5 Å². The Kier molecular flexibility index (Phi) is 4.38. The van der Waals surface area contributed by atoms with E-state index in [0.717, 1.165) is 0 Å². The van der Waals surface area contributed by atoms with Gasteiger partial charge in [0.25, 0.3) is 0 Å². The van der Waals surface area contributed by atoms with Gasteiger partial charge in [0.2, 0.25) is 0 Å². The lowest BCUT2D eigenvalue weighted by molar-refractivity contribution is 0.0821. The molecule has 1 aromatic carbocycles. The molecule has 1 nitrogen and oxygen atoms in total. The molecule has 2 heteroatoms. The van der Waals surface area contributed by atoms with Crippen LogP contribution < -0.4 is 0 Å². The molecule has 0 amide bonds. The van der Waals surface area contributed by atoms with Crippen molar-refractivity contribution in [1.82, 2.24) is 4.90 Å². The van der Waals surface area contributed by atoms with Gasteiger partial charge in [0.15, 0.2) is 0 Å². The van der Waals surface area contributed by atoms with Gasteiger partial charge in [-0.3, -0.25) is 0 Å². The zero-order chi connectivity index (χ0) is 20.7. The van der Waals surface area contributed by atoms with Crippen LogP contribution in [0.5, 0.6) is 0 Å². The molecule has 0 N–H and O–H groups in total. The summed E-state index contributed by atoms with van der Waals surface area (Å²) in [5.41, 5.74) is 10.9. The van der Waals surface area contributed by atoms with Crippen LogP contribution in [0.25, 0.3) is 0 Å². The quantitative estimate of drug-likeness (QED) is 0.455. The zero-order valence-corrected chi connectivity index (χ0v) is 20.4. The van der Waals surface area contributed by atoms with Gasteiger partial charge >= 0.3 is 0 Å². The lowest BCUT2D eigenvalue weighted by Crippen LogP contribution is -2.72. The highest BCUT2D eigenvalue weighted by Gasteiger charge is 2.68. The standard InChI is InChI=1S/C25H38NP/c1-15-13-16(2)18(17(3)14-15)21-26-20(23(7,8)9)19(22(4,5)6)25(26,27-21)24(10,11)12/h13-14H,1-12H3/t25-/m1/s1. The van der Waals surface area contributed by atoms with Gasteiger partial charge in [0.05, 0.1) is 5.42 Å². The van der Waals surface area contributed by atoms with Gasteiger partial charge in [-0.15, -0.1) is 0 Å². The van der Waals surface area contributed by atoms with Gasteiger partial charge in [-0.1, -0.05) is 80.0 Å². The van der Waals surface area contributed by atoms with Crippen molar-refractivity contribution in [3.63, 3.8) is 0 Å². The molecule has 2 aliphatic rings. The van der Waals surface area contributed by atoms with Crippen LogP contribution in [0.3, 0.4) is 0 Å². The van der Waals surface area contributed by atoms with Crippen molar-refractivity contribution in [3.05, 3.63) is 45.7 Å². The second-order valence-corrected chi connectivity index (χ2v) is 13.0. The summed E-state index contributed by atoms with van der Waals surface area (Å²) in [6.07, 6.45) is 0. The Hall–Kier alpha value is -1.07. The van der Waals surface area contributed by atoms with Gasteiger partial charge in [0, 0.05) is 16.7 Å². The number of allylic oxidation sites excluding steroid dienone is 1. The lowest BCUT2D eigenvalue weighted by Gasteiger charge is -2.71. The molecule has 0 radical (unpaired) electrons. The van der Waals surface area contributed by atoms with Crippen LogP contribution in [-0.4, -0.2) is 15.6 Å². The Morgan fingerprint density at radius 1 is 0.778 bits per heavy atom. The van der Waals surface area contributed by atoms with Gasteiger partial charge in [-0.2, -0.15) is 0 Å². The summed E-state index contributed by atoms with van der Waals surface area (Å²) in [6, 6.07) is 4.68. The van der Waals surface area contributed by atoms with Crippen molar-refractivity contribution < 1.29 is 0 Å². The number of nitrogens with zero attached hydrogens (tertiary/aromatic N) is 1. The first-order chi connectivity index (χ1) is 12.0. The van der Waals surface area contributed by atoms with Crippen LogP contribution in [0.1, 0.15) is 84.6 Å². The molecule has 2 heterocycles. The van der Waals surface area contributed by atoms with Crippen LogP contribution in [0.15, 0.2) is 23.4 Å². The van der Waals surface area contributed by atoms with Crippen LogP contribution in [0.2, 0.25) is 0 Å². The third-order valence-corrected chi connectivity index (χ3v) is 8.07. The van der Waals surface area contributed by atoms with E-state index >= 15 is 0 Å². The van der Waals surface area contributed by atoms with E-state index in [0.29, 0.717) is 0 Å². The third kappa shape index (κ3) is 2.76. The number of aryl methyl sites for hydroxylation is 3. The first kappa shape index (κ1) is 20.7. The second-order valence-electron chi connectivity index (χ2n) is 11.7. The number of rotatable bonds is 1. The van der Waals surface area contributed by atoms with E-state index < -0.39 is 0 Å². The summed E-state index contributed by atoms with van der Waals surface area (Å²) in [5, 5.41) is 0.132. The number of hydrogen-bond donors (Lipinski definition) is 0. The molecule has 0 saturated carbocycles. The molecule has 0 aromatic heterocycles. The average molecular weight is 384 g/mol. The highest BCUT2D eigenvalue weighted by Crippen LogP contribution is 2.71. The van der Waals surface area contributed by atoms with E-state index in [9.17, 15) is 0 Å². The maximum atomic E-state index is 2.74. The minimum Gasteiger partial charge on any atom is -0.322 e. The van der Waals surface area contributed by atoms with Crippen molar-refractivity contribution in [2.75, 3.05) is 0 Å². The van der Waals surface area contributed by atoms with E-state index in [2.05, 4.69) is 100 Å². The number of hydrogen-bond acceptors (Lipinski definition) is 1. The minimum atomic E-state index is 0.132. The molecule has 0 saturated heterocycles. The highest BCUT2D eigenvalue weighted by atomic mass is 31.1. The van der Waals surface area contributed by atoms with E-state index in [1.165, 1.54) is 35.9 Å². The van der Waals surface area contributed by atoms with Crippen molar-refractivity contribution in [2.24, 2.45) is 16.2 Å². The fraction of sp³-hybridized carbons (Fsp3) is 0.640. The van der Waals surface area contributed by atoms with Crippen LogP contribution >= 0.6 is 8.20 Å². The third-order valence-electron chi connectivity index (χ3n) is 6.02. The average Bonchev–Trinajstić information content (AvgIpc) is 2.36. The summed E-state index contributed by atoms with van der Waals surface area (Å²) in [6.45, 7) is 28.3. The van der Waals surface area contributed by atoms with E-state index in [4.69, 9.17) is 0 Å². The normalized spacial score (nSPS) is 23.6. The maximum absolute atomic E-state index is 2.74. The minimum absolute atomic E-state index is 0.132. The molecule has 1 aromatic rings. The lowest BCUT2D eigenvalue weighted by atomic mass is 9.61. The van der Waals surface area contributed by atoms with Gasteiger partial charge in [0.1, 0.15) is 5.28 Å². The Morgan fingerprint density at radius 2 is 1.26 bits per heavy atom. The van der Waals surface area contributed by atoms with E-state index in [1.807, 2.05) is 0 Å². The summed E-state index contributed by atoms with van der Waals surface area (Å²) in [5.74, 6) is 0. The Balaban J connectivity index is 2.28. The molecule has 0 bridgehead atoms. The number of benzene rings is 1. The predicted octanol–water partition coefficient (Wildman–Crippen LogP) is 7.45. The number of fused-ring (bicyclic) bond motifs is 1. The van der Waals surface area contributed by atoms with Crippen LogP contribution in [0, 0.1) is 37.0 Å². The second kappa shape index (κ2) is 5.73. The Bertz CT molecular complexity index is 842. The topological polar surface area (TPSA) is 3.24 Å². The monoisotopic (exact) mass is 383 g/mol. The van der Waals surface area contributed by atoms with Crippen molar-refractivity contribution >= 4 is 13.6 Å². The molecule has 0 aliphatic carbocycles. The van der Waals surface area contributed by atoms with Gasteiger partial charge in [-0.05, 0) is 56.5 Å². The molecule has 0 fully saturated rings. The fourth-order valence-corrected chi connectivity index (χ4v) is 7.35. The zero-order valence-electron chi connectivity index (χ0n) is 19.5. The van der Waals surface area contributed by atoms with Crippen molar-refractivity contribution in [2.45, 2.75) is 88.4 Å². The smallest absolute Gasteiger partial charge is 0.117 e. The molecular formula is C25H38NP. The molecule has 3 rings (SSSR count). The molecular weight excluding hydrogens is 345 g/mol. The highest BCUT2D eigenvalue weighted by molar-refractivity contribution is 7.46. The van der Waals surface area contributed by atoms with Gasteiger partial charge < -0.3 is 4.90 Å². The van der Waals surface area contributed by atoms with Crippen molar-refractivity contribution in [1.29, 1.82) is 0 Å². The molecule has 0 spiro atoms. The summed E-state index contributed by atoms with van der Waals surface area (Å²) in [4.78, 5) is 2.74. The molecule has 148 valence electrons. The summed E-state index contributed by atoms with van der Waals surface area (Å²) >= 11 is 0. The Morgan fingerprint density at radius 3 is 1.63 bits per heavy atom.